The number of amides is 3. The van der Waals surface area contributed by atoms with E-state index in [-0.39, 0.29) is 23.2 Å². The highest BCUT2D eigenvalue weighted by molar-refractivity contribution is 9.10. The zero-order valence-corrected chi connectivity index (χ0v) is 23.9. The molecule has 1 heterocycles. The molecule has 200 valence electrons. The molecule has 2 N–H and O–H groups in total. The Hall–Kier alpha value is -4.02. The van der Waals surface area contributed by atoms with Gasteiger partial charge in [0.25, 0.3) is 17.7 Å². The molecular weight excluding hydrogens is 582 g/mol. The van der Waals surface area contributed by atoms with Gasteiger partial charge in [-0.05, 0) is 102 Å². The Bertz CT molecular complexity index is 1490. The van der Waals surface area contributed by atoms with Crippen LogP contribution in [0.1, 0.15) is 23.6 Å². The molecule has 10 heteroatoms. The third kappa shape index (κ3) is 6.35. The number of carbonyl (C=O) groups excluding carboxylic acids is 3. The number of benzene rings is 3. The van der Waals surface area contributed by atoms with Gasteiger partial charge in [0, 0.05) is 5.69 Å². The van der Waals surface area contributed by atoms with Crippen LogP contribution in [0.25, 0.3) is 6.08 Å². The zero-order chi connectivity index (χ0) is 28.1. The molecule has 0 atom stereocenters. The zero-order valence-electron chi connectivity index (χ0n) is 21.5. The molecule has 3 aromatic carbocycles. The van der Waals surface area contributed by atoms with Gasteiger partial charge < -0.3 is 14.8 Å². The van der Waals surface area contributed by atoms with Gasteiger partial charge in [0.2, 0.25) is 0 Å². The van der Waals surface area contributed by atoms with Crippen LogP contribution in [0.4, 0.5) is 11.4 Å². The lowest BCUT2D eigenvalue weighted by atomic mass is 10.1. The summed E-state index contributed by atoms with van der Waals surface area (Å²) in [6.45, 7) is 5.80. The van der Waals surface area contributed by atoms with Gasteiger partial charge in [-0.1, -0.05) is 30.3 Å². The molecule has 1 aliphatic rings. The fraction of sp³-hybridized carbons (Fsp3) is 0.172. The number of nitrogens with one attached hydrogen (secondary N) is 2. The molecule has 3 aromatic rings. The van der Waals surface area contributed by atoms with Crippen LogP contribution < -0.4 is 25.0 Å². The minimum Gasteiger partial charge on any atom is -0.490 e. The maximum atomic E-state index is 13.3. The van der Waals surface area contributed by atoms with Gasteiger partial charge in [-0.2, -0.15) is 0 Å². The molecule has 0 saturated carbocycles. The average Bonchev–Trinajstić information content (AvgIpc) is 2.89. The van der Waals surface area contributed by atoms with E-state index in [4.69, 9.17) is 21.7 Å². The Morgan fingerprint density at radius 1 is 1.08 bits per heavy atom. The number of hydrogen-bond acceptors (Lipinski definition) is 6. The summed E-state index contributed by atoms with van der Waals surface area (Å²) in [7, 11) is 0. The summed E-state index contributed by atoms with van der Waals surface area (Å²) >= 11 is 8.72. The van der Waals surface area contributed by atoms with E-state index in [1.807, 2.05) is 45.0 Å². The van der Waals surface area contributed by atoms with Crippen molar-refractivity contribution in [3.63, 3.8) is 0 Å². The second kappa shape index (κ2) is 12.2. The number of aryl methyl sites for hydroxylation is 1. The standard InChI is InChI=1S/C29H26BrN3O5S/c1-4-37-24-15-19(13-21-27(35)32-29(39)33(28(21)36)20-10-6-5-7-11-20)14-22(30)26(24)38-16-25(34)31-23-12-8-9-17(2)18(23)3/h5-15H,4,16H2,1-3H3,(H,31,34)(H,32,35,39)/b21-13-. The summed E-state index contributed by atoms with van der Waals surface area (Å²) in [6.07, 6.45) is 1.46. The van der Waals surface area contributed by atoms with Crippen molar-refractivity contribution >= 4 is 68.4 Å². The molecule has 1 aliphatic heterocycles. The van der Waals surface area contributed by atoms with E-state index >= 15 is 0 Å². The van der Waals surface area contributed by atoms with E-state index in [0.29, 0.717) is 39.5 Å². The van der Waals surface area contributed by atoms with Crippen LogP contribution >= 0.6 is 28.1 Å². The fourth-order valence-electron chi connectivity index (χ4n) is 3.92. The third-order valence-electron chi connectivity index (χ3n) is 5.99. The summed E-state index contributed by atoms with van der Waals surface area (Å²) in [4.78, 5) is 39.9. The number of halogens is 1. The summed E-state index contributed by atoms with van der Waals surface area (Å²) in [5.74, 6) is -0.813. The number of carbonyl (C=O) groups is 3. The van der Waals surface area contributed by atoms with Crippen LogP contribution in [-0.4, -0.2) is 36.0 Å². The molecule has 4 rings (SSSR count). The van der Waals surface area contributed by atoms with Crippen molar-refractivity contribution in [2.75, 3.05) is 23.4 Å². The second-order valence-electron chi connectivity index (χ2n) is 8.64. The predicted molar refractivity (Wildman–Crippen MR) is 158 cm³/mol. The van der Waals surface area contributed by atoms with Crippen molar-refractivity contribution in [3.05, 3.63) is 87.4 Å². The maximum Gasteiger partial charge on any atom is 0.270 e. The molecule has 0 radical (unpaired) electrons. The van der Waals surface area contributed by atoms with Crippen molar-refractivity contribution in [2.45, 2.75) is 20.8 Å². The van der Waals surface area contributed by atoms with Crippen LogP contribution in [0.15, 0.2) is 70.7 Å². The van der Waals surface area contributed by atoms with Crippen molar-refractivity contribution < 1.29 is 23.9 Å². The molecule has 0 aliphatic carbocycles. The van der Waals surface area contributed by atoms with Crippen molar-refractivity contribution in [3.8, 4) is 11.5 Å². The third-order valence-corrected chi connectivity index (χ3v) is 6.86. The number of ether oxygens (including phenoxy) is 2. The number of nitrogens with zero attached hydrogens (tertiary/aromatic N) is 1. The minimum atomic E-state index is -0.602. The SMILES string of the molecule is CCOc1cc(/C=C2/C(=O)NC(=S)N(c3ccccc3)C2=O)cc(Br)c1OCC(=O)Nc1cccc(C)c1C. The highest BCUT2D eigenvalue weighted by Gasteiger charge is 2.34. The molecule has 0 unspecified atom stereocenters. The number of thiocarbonyl (C=S) groups is 1. The van der Waals surface area contributed by atoms with Gasteiger partial charge in [0.1, 0.15) is 5.57 Å². The molecule has 1 fully saturated rings. The van der Waals surface area contributed by atoms with E-state index < -0.39 is 11.8 Å². The van der Waals surface area contributed by atoms with Gasteiger partial charge in [0.05, 0.1) is 16.8 Å². The summed E-state index contributed by atoms with van der Waals surface area (Å²) < 4.78 is 12.1. The largest absolute Gasteiger partial charge is 0.490 e. The predicted octanol–water partition coefficient (Wildman–Crippen LogP) is 5.31. The number of para-hydroxylation sites is 1. The molecule has 3 amide bonds. The molecule has 0 aromatic heterocycles. The van der Waals surface area contributed by atoms with Crippen LogP contribution in [0.2, 0.25) is 0 Å². The van der Waals surface area contributed by atoms with Crippen LogP contribution in [0, 0.1) is 13.8 Å². The Kier molecular flexibility index (Phi) is 8.78. The molecule has 8 nitrogen and oxygen atoms in total. The molecular formula is C29H26BrN3O5S. The van der Waals surface area contributed by atoms with Gasteiger partial charge in [0.15, 0.2) is 23.2 Å². The first-order valence-corrected chi connectivity index (χ1v) is 13.3. The van der Waals surface area contributed by atoms with Gasteiger partial charge >= 0.3 is 0 Å². The lowest BCUT2D eigenvalue weighted by Gasteiger charge is -2.28. The van der Waals surface area contributed by atoms with E-state index in [1.54, 1.807) is 36.4 Å². The Morgan fingerprint density at radius 2 is 1.82 bits per heavy atom. The lowest BCUT2D eigenvalue weighted by molar-refractivity contribution is -0.122. The van der Waals surface area contributed by atoms with Crippen LogP contribution in [0.3, 0.4) is 0 Å². The molecule has 0 spiro atoms. The normalized spacial score (nSPS) is 14.3. The van der Waals surface area contributed by atoms with Gasteiger partial charge in [-0.25, -0.2) is 0 Å². The summed E-state index contributed by atoms with van der Waals surface area (Å²) in [6, 6.07) is 17.8. The smallest absolute Gasteiger partial charge is 0.270 e. The highest BCUT2D eigenvalue weighted by Crippen LogP contribution is 2.38. The van der Waals surface area contributed by atoms with Crippen molar-refractivity contribution in [1.29, 1.82) is 0 Å². The Labute approximate surface area is 240 Å². The first kappa shape index (κ1) is 28.0. The number of rotatable bonds is 8. The topological polar surface area (TPSA) is 97.0 Å². The van der Waals surface area contributed by atoms with Crippen LogP contribution in [-0.2, 0) is 14.4 Å². The lowest BCUT2D eigenvalue weighted by Crippen LogP contribution is -2.54. The maximum absolute atomic E-state index is 13.3. The first-order chi connectivity index (χ1) is 18.7. The quantitative estimate of drug-likeness (QED) is 0.204. The Balaban J connectivity index is 1.58. The fourth-order valence-corrected chi connectivity index (χ4v) is 4.78. The monoisotopic (exact) mass is 607 g/mol. The number of anilines is 2. The van der Waals surface area contributed by atoms with Crippen molar-refractivity contribution in [1.82, 2.24) is 5.32 Å². The number of hydrogen-bond donors (Lipinski definition) is 2. The summed E-state index contributed by atoms with van der Waals surface area (Å²) in [5.41, 5.74) is 3.72. The molecule has 0 bridgehead atoms. The Morgan fingerprint density at radius 3 is 2.54 bits per heavy atom. The second-order valence-corrected chi connectivity index (χ2v) is 9.88. The average molecular weight is 609 g/mol. The first-order valence-electron chi connectivity index (χ1n) is 12.1. The molecule has 39 heavy (non-hydrogen) atoms. The van der Waals surface area contributed by atoms with E-state index in [1.165, 1.54) is 11.0 Å². The van der Waals surface area contributed by atoms with Gasteiger partial charge in [-0.15, -0.1) is 0 Å². The van der Waals surface area contributed by atoms with E-state index in [2.05, 4.69) is 26.6 Å². The highest BCUT2D eigenvalue weighted by atomic mass is 79.9. The molecule has 1 saturated heterocycles. The van der Waals surface area contributed by atoms with Gasteiger partial charge in [-0.3, -0.25) is 24.6 Å². The van der Waals surface area contributed by atoms with E-state index in [0.717, 1.165) is 11.1 Å². The summed E-state index contributed by atoms with van der Waals surface area (Å²) in [5, 5.41) is 5.44. The minimum absolute atomic E-state index is 0.00687. The van der Waals surface area contributed by atoms with E-state index in [9.17, 15) is 14.4 Å². The van der Waals surface area contributed by atoms with Crippen molar-refractivity contribution in [2.24, 2.45) is 0 Å². The van der Waals surface area contributed by atoms with Crippen LogP contribution in [0.5, 0.6) is 11.5 Å².